The number of carbonyl (C=O) groups excluding carboxylic acids is 1. The van der Waals surface area contributed by atoms with Crippen LogP contribution in [0.2, 0.25) is 0 Å². The first-order valence-electron chi connectivity index (χ1n) is 7.28. The van der Waals surface area contributed by atoms with Crippen LogP contribution in [0.4, 0.5) is 0 Å². The molecule has 0 fully saturated rings. The topological polar surface area (TPSA) is 51.2 Å². The Balaban J connectivity index is 1.81. The van der Waals surface area contributed by atoms with E-state index in [-0.39, 0.29) is 11.7 Å². The number of aromatic nitrogens is 1. The van der Waals surface area contributed by atoms with Crippen LogP contribution in [0.3, 0.4) is 0 Å². The Labute approximate surface area is 130 Å². The van der Waals surface area contributed by atoms with E-state index in [2.05, 4.69) is 22.4 Å². The molecule has 0 spiro atoms. The highest BCUT2D eigenvalue weighted by Gasteiger charge is 2.09. The predicted molar refractivity (Wildman–Crippen MR) is 87.0 cm³/mol. The van der Waals surface area contributed by atoms with Crippen LogP contribution >= 0.6 is 0 Å². The molecule has 1 aromatic carbocycles. The smallest absolute Gasteiger partial charge is 0.286 e. The lowest BCUT2D eigenvalue weighted by Gasteiger charge is -2.08. The van der Waals surface area contributed by atoms with Gasteiger partial charge in [-0.05, 0) is 30.5 Å². The number of rotatable bonds is 7. The fraction of sp³-hybridized carbons (Fsp3) is 0.222. The van der Waals surface area contributed by atoms with Crippen LogP contribution in [0.15, 0.2) is 60.5 Å². The number of ether oxygens (including phenoxy) is 1. The van der Waals surface area contributed by atoms with Crippen LogP contribution in [0.1, 0.15) is 17.7 Å². The number of carbonyl (C=O) groups is 1. The van der Waals surface area contributed by atoms with Gasteiger partial charge in [-0.15, -0.1) is 0 Å². The molecule has 1 aromatic heterocycles. The van der Waals surface area contributed by atoms with Crippen LogP contribution in [0, 0.1) is 0 Å². The molecule has 4 heteroatoms. The lowest BCUT2D eigenvalue weighted by molar-refractivity contribution is -0.120. The molecule has 0 saturated heterocycles. The molecule has 0 aliphatic carbocycles. The van der Waals surface area contributed by atoms with Gasteiger partial charge in [0.25, 0.3) is 5.91 Å². The average Bonchev–Trinajstić information content (AvgIpc) is 2.58. The highest BCUT2D eigenvalue weighted by molar-refractivity contribution is 5.95. The Hall–Kier alpha value is -2.62. The number of aryl methyl sites for hydroxylation is 1. The van der Waals surface area contributed by atoms with Gasteiger partial charge >= 0.3 is 0 Å². The van der Waals surface area contributed by atoms with E-state index in [0.717, 1.165) is 12.8 Å². The molecular weight excluding hydrogens is 276 g/mol. The molecule has 0 aliphatic rings. The minimum Gasteiger partial charge on any atom is -0.491 e. The maximum absolute atomic E-state index is 12.1. The standard InChI is InChI=1S/C18H20N2O2/c1-22-17(14-16-11-5-6-12-19-16)18(21)20-13-7-10-15-8-3-2-4-9-15/h2-6,8-9,11-12,14H,7,10,13H2,1H3,(H,20,21)/b17-14+. The third-order valence-electron chi connectivity index (χ3n) is 3.18. The largest absolute Gasteiger partial charge is 0.491 e. The first kappa shape index (κ1) is 15.8. The van der Waals surface area contributed by atoms with Crippen molar-refractivity contribution in [3.05, 3.63) is 71.7 Å². The van der Waals surface area contributed by atoms with Crippen LogP contribution in [0.5, 0.6) is 0 Å². The molecule has 1 N–H and O–H groups in total. The first-order chi connectivity index (χ1) is 10.8. The molecule has 1 heterocycles. The van der Waals surface area contributed by atoms with E-state index >= 15 is 0 Å². The highest BCUT2D eigenvalue weighted by Crippen LogP contribution is 2.05. The van der Waals surface area contributed by atoms with Crippen molar-refractivity contribution in [2.75, 3.05) is 13.7 Å². The van der Waals surface area contributed by atoms with Gasteiger partial charge in [0, 0.05) is 18.8 Å². The minimum absolute atomic E-state index is 0.221. The van der Waals surface area contributed by atoms with E-state index in [1.54, 1.807) is 12.3 Å². The van der Waals surface area contributed by atoms with Gasteiger partial charge < -0.3 is 10.1 Å². The van der Waals surface area contributed by atoms with Gasteiger partial charge in [0.15, 0.2) is 5.76 Å². The third-order valence-corrected chi connectivity index (χ3v) is 3.18. The third kappa shape index (κ3) is 5.05. The SMILES string of the molecule is CO/C(=C/c1ccccn1)C(=O)NCCCc1ccccc1. The fourth-order valence-corrected chi connectivity index (χ4v) is 2.04. The van der Waals surface area contributed by atoms with Crippen molar-refractivity contribution in [1.29, 1.82) is 0 Å². The molecule has 1 amide bonds. The van der Waals surface area contributed by atoms with E-state index < -0.39 is 0 Å². The lowest BCUT2D eigenvalue weighted by atomic mass is 10.1. The monoisotopic (exact) mass is 296 g/mol. The number of hydrogen-bond acceptors (Lipinski definition) is 3. The Morgan fingerprint density at radius 1 is 1.18 bits per heavy atom. The molecule has 4 nitrogen and oxygen atoms in total. The number of hydrogen-bond donors (Lipinski definition) is 1. The summed E-state index contributed by atoms with van der Waals surface area (Å²) in [6.45, 7) is 0.608. The van der Waals surface area contributed by atoms with Gasteiger partial charge in [0.2, 0.25) is 0 Å². The summed E-state index contributed by atoms with van der Waals surface area (Å²) in [6, 6.07) is 15.7. The van der Waals surface area contributed by atoms with E-state index in [1.165, 1.54) is 12.7 Å². The zero-order chi connectivity index (χ0) is 15.6. The van der Waals surface area contributed by atoms with Gasteiger partial charge in [-0.25, -0.2) is 0 Å². The summed E-state index contributed by atoms with van der Waals surface area (Å²) in [6.07, 6.45) is 5.13. The molecule has 2 aromatic rings. The molecule has 22 heavy (non-hydrogen) atoms. The molecule has 0 atom stereocenters. The maximum Gasteiger partial charge on any atom is 0.286 e. The number of nitrogens with one attached hydrogen (secondary N) is 1. The number of pyridine rings is 1. The second-order valence-corrected chi connectivity index (χ2v) is 4.81. The van der Waals surface area contributed by atoms with E-state index in [0.29, 0.717) is 12.2 Å². The summed E-state index contributed by atoms with van der Waals surface area (Å²) in [4.78, 5) is 16.2. The number of nitrogens with zero attached hydrogens (tertiary/aromatic N) is 1. The second-order valence-electron chi connectivity index (χ2n) is 4.81. The zero-order valence-corrected chi connectivity index (χ0v) is 12.7. The summed E-state index contributed by atoms with van der Waals surface area (Å²) in [5, 5.41) is 2.86. The van der Waals surface area contributed by atoms with Gasteiger partial charge in [0.1, 0.15) is 0 Å². The van der Waals surface area contributed by atoms with E-state index in [9.17, 15) is 4.79 Å². The fourth-order valence-electron chi connectivity index (χ4n) is 2.04. The number of methoxy groups -OCH3 is 1. The van der Waals surface area contributed by atoms with Crippen molar-refractivity contribution >= 4 is 12.0 Å². The molecule has 0 radical (unpaired) electrons. The maximum atomic E-state index is 12.1. The van der Waals surface area contributed by atoms with Crippen LogP contribution in [-0.2, 0) is 16.0 Å². The van der Waals surface area contributed by atoms with Gasteiger partial charge in [-0.1, -0.05) is 36.4 Å². The van der Waals surface area contributed by atoms with Crippen LogP contribution < -0.4 is 5.32 Å². The average molecular weight is 296 g/mol. The quantitative estimate of drug-likeness (QED) is 0.485. The van der Waals surface area contributed by atoms with Gasteiger partial charge in [0.05, 0.1) is 12.8 Å². The molecule has 114 valence electrons. The summed E-state index contributed by atoms with van der Waals surface area (Å²) < 4.78 is 5.14. The minimum atomic E-state index is -0.221. The predicted octanol–water partition coefficient (Wildman–Crippen LogP) is 2.82. The summed E-state index contributed by atoms with van der Waals surface area (Å²) in [5.41, 5.74) is 1.96. The Bertz CT molecular complexity index is 609. The van der Waals surface area contributed by atoms with Gasteiger partial charge in [-0.2, -0.15) is 0 Å². The van der Waals surface area contributed by atoms with Crippen LogP contribution in [-0.4, -0.2) is 24.5 Å². The Kier molecular flexibility index (Phi) is 6.18. The molecule has 0 unspecified atom stereocenters. The molecular formula is C18H20N2O2. The van der Waals surface area contributed by atoms with Crippen molar-refractivity contribution in [1.82, 2.24) is 10.3 Å². The van der Waals surface area contributed by atoms with Crippen molar-refractivity contribution in [3.63, 3.8) is 0 Å². The zero-order valence-electron chi connectivity index (χ0n) is 12.7. The Morgan fingerprint density at radius 3 is 2.64 bits per heavy atom. The normalized spacial score (nSPS) is 11.0. The van der Waals surface area contributed by atoms with Crippen molar-refractivity contribution < 1.29 is 9.53 Å². The Morgan fingerprint density at radius 2 is 1.95 bits per heavy atom. The van der Waals surface area contributed by atoms with Crippen molar-refractivity contribution in [2.24, 2.45) is 0 Å². The van der Waals surface area contributed by atoms with E-state index in [4.69, 9.17) is 4.74 Å². The number of amides is 1. The molecule has 0 bridgehead atoms. The molecule has 2 rings (SSSR count). The second kappa shape index (κ2) is 8.62. The highest BCUT2D eigenvalue weighted by atomic mass is 16.5. The molecule has 0 aliphatic heterocycles. The van der Waals surface area contributed by atoms with Crippen molar-refractivity contribution in [3.8, 4) is 0 Å². The lowest BCUT2D eigenvalue weighted by Crippen LogP contribution is -2.27. The van der Waals surface area contributed by atoms with Crippen molar-refractivity contribution in [2.45, 2.75) is 12.8 Å². The first-order valence-corrected chi connectivity index (χ1v) is 7.28. The summed E-state index contributed by atoms with van der Waals surface area (Å²) in [5.74, 6) is 0.0413. The van der Waals surface area contributed by atoms with Crippen LogP contribution in [0.25, 0.3) is 6.08 Å². The van der Waals surface area contributed by atoms with Gasteiger partial charge in [-0.3, -0.25) is 9.78 Å². The van der Waals surface area contributed by atoms with E-state index in [1.807, 2.05) is 36.4 Å². The summed E-state index contributed by atoms with van der Waals surface area (Å²) in [7, 11) is 1.48. The number of benzene rings is 1. The summed E-state index contributed by atoms with van der Waals surface area (Å²) >= 11 is 0. The molecule has 0 saturated carbocycles.